The van der Waals surface area contributed by atoms with Gasteiger partial charge in [0.25, 0.3) is 5.91 Å². The third-order valence-electron chi connectivity index (χ3n) is 3.70. The second-order valence-corrected chi connectivity index (χ2v) is 4.54. The molecule has 1 amide bonds. The molecule has 19 heavy (non-hydrogen) atoms. The largest absolute Gasteiger partial charge is 0.347 e. The van der Waals surface area contributed by atoms with Crippen LogP contribution in [0.25, 0.3) is 0 Å². The van der Waals surface area contributed by atoms with Gasteiger partial charge in [-0.2, -0.15) is 0 Å². The monoisotopic (exact) mass is 285 g/mol. The number of carbonyl (C=O) groups is 1. The molecule has 5 heteroatoms. The van der Waals surface area contributed by atoms with Gasteiger partial charge in [-0.1, -0.05) is 20.8 Å². The van der Waals surface area contributed by atoms with Gasteiger partial charge in [0, 0.05) is 23.8 Å². The van der Waals surface area contributed by atoms with Crippen molar-refractivity contribution in [3.05, 3.63) is 29.6 Å². The molecule has 0 atom stereocenters. The van der Waals surface area contributed by atoms with Crippen LogP contribution in [0.5, 0.6) is 0 Å². The Morgan fingerprint density at radius 2 is 1.89 bits per heavy atom. The molecule has 0 aliphatic rings. The van der Waals surface area contributed by atoms with Gasteiger partial charge in [-0.15, -0.1) is 12.4 Å². The highest BCUT2D eigenvalue weighted by Gasteiger charge is 2.26. The number of nitrogens with two attached hydrogens (primary N) is 1. The second kappa shape index (κ2) is 8.12. The predicted molar refractivity (Wildman–Crippen MR) is 80.4 cm³/mol. The molecule has 1 aromatic heterocycles. The number of pyridine rings is 1. The number of carbonyl (C=O) groups excluding carboxylic acids is 1. The van der Waals surface area contributed by atoms with Crippen molar-refractivity contribution < 1.29 is 4.79 Å². The minimum absolute atomic E-state index is 0. The van der Waals surface area contributed by atoms with Crippen molar-refractivity contribution in [3.8, 4) is 0 Å². The Kier molecular flexibility index (Phi) is 7.64. The summed E-state index contributed by atoms with van der Waals surface area (Å²) in [6, 6.07) is 3.47. The molecule has 0 bridgehead atoms. The van der Waals surface area contributed by atoms with Gasteiger partial charge in [-0.3, -0.25) is 9.78 Å². The highest BCUT2D eigenvalue weighted by atomic mass is 35.5. The maximum Gasteiger partial charge on any atom is 0.251 e. The van der Waals surface area contributed by atoms with Crippen LogP contribution in [-0.4, -0.2) is 16.4 Å². The molecule has 0 aromatic carbocycles. The minimum Gasteiger partial charge on any atom is -0.347 e. The molecule has 0 saturated carbocycles. The van der Waals surface area contributed by atoms with Gasteiger partial charge in [0.1, 0.15) is 0 Å². The zero-order chi connectivity index (χ0) is 13.6. The summed E-state index contributed by atoms with van der Waals surface area (Å²) in [6.45, 7) is 6.66. The van der Waals surface area contributed by atoms with E-state index in [2.05, 4.69) is 31.1 Å². The van der Waals surface area contributed by atoms with E-state index in [0.717, 1.165) is 25.0 Å². The smallest absolute Gasteiger partial charge is 0.251 e. The zero-order valence-electron chi connectivity index (χ0n) is 11.9. The molecule has 0 radical (unpaired) electrons. The number of nitrogens with one attached hydrogen (secondary N) is 1. The number of aromatic nitrogens is 1. The number of hydrogen-bond donors (Lipinski definition) is 2. The summed E-state index contributed by atoms with van der Waals surface area (Å²) >= 11 is 0. The molecule has 0 aliphatic heterocycles. The lowest BCUT2D eigenvalue weighted by Gasteiger charge is -2.31. The number of hydrogen-bond acceptors (Lipinski definition) is 3. The Hall–Kier alpha value is -1.13. The molecule has 0 fully saturated rings. The SMILES string of the molecule is CCC(CC)(CC)NC(=O)c1ccnc(CN)c1.Cl. The lowest BCUT2D eigenvalue weighted by atomic mass is 9.89. The number of rotatable bonds is 6. The normalized spacial score (nSPS) is 10.7. The molecule has 0 unspecified atom stereocenters. The Balaban J connectivity index is 0.00000324. The summed E-state index contributed by atoms with van der Waals surface area (Å²) in [5, 5.41) is 3.14. The average Bonchev–Trinajstić information content (AvgIpc) is 2.44. The molecular formula is C14H24ClN3O. The van der Waals surface area contributed by atoms with Gasteiger partial charge < -0.3 is 11.1 Å². The predicted octanol–water partition coefficient (Wildman–Crippen LogP) is 2.66. The van der Waals surface area contributed by atoms with Crippen molar-refractivity contribution in [2.24, 2.45) is 5.73 Å². The third kappa shape index (κ3) is 4.48. The lowest BCUT2D eigenvalue weighted by molar-refractivity contribution is 0.0888. The summed E-state index contributed by atoms with van der Waals surface area (Å²) in [6.07, 6.45) is 4.42. The summed E-state index contributed by atoms with van der Waals surface area (Å²) in [5.41, 5.74) is 6.79. The molecule has 1 heterocycles. The van der Waals surface area contributed by atoms with Gasteiger partial charge >= 0.3 is 0 Å². The summed E-state index contributed by atoms with van der Waals surface area (Å²) in [4.78, 5) is 16.3. The third-order valence-corrected chi connectivity index (χ3v) is 3.70. The Bertz CT molecular complexity index is 397. The first-order valence-corrected chi connectivity index (χ1v) is 6.58. The molecule has 0 saturated heterocycles. The van der Waals surface area contributed by atoms with Crippen molar-refractivity contribution >= 4 is 18.3 Å². The van der Waals surface area contributed by atoms with E-state index in [1.807, 2.05) is 0 Å². The average molecular weight is 286 g/mol. The highest BCUT2D eigenvalue weighted by molar-refractivity contribution is 5.94. The maximum absolute atomic E-state index is 12.2. The first-order chi connectivity index (χ1) is 8.60. The van der Waals surface area contributed by atoms with Crippen LogP contribution in [-0.2, 0) is 6.54 Å². The standard InChI is InChI=1S/C14H23N3O.ClH/c1-4-14(5-2,6-3)17-13(18)11-7-8-16-12(9-11)10-15;/h7-9H,4-6,10,15H2,1-3H3,(H,17,18);1H. The van der Waals surface area contributed by atoms with Gasteiger partial charge in [0.15, 0.2) is 0 Å². The number of nitrogens with zero attached hydrogens (tertiary/aromatic N) is 1. The Morgan fingerprint density at radius 3 is 2.37 bits per heavy atom. The van der Waals surface area contributed by atoms with Crippen LogP contribution in [0, 0.1) is 0 Å². The molecular weight excluding hydrogens is 262 g/mol. The van der Waals surface area contributed by atoms with Crippen LogP contribution in [0.15, 0.2) is 18.3 Å². The Labute approximate surface area is 121 Å². The van der Waals surface area contributed by atoms with Gasteiger partial charge in [-0.25, -0.2) is 0 Å². The van der Waals surface area contributed by atoms with Gasteiger partial charge in [0.05, 0.1) is 5.69 Å². The first kappa shape index (κ1) is 17.9. The summed E-state index contributed by atoms with van der Waals surface area (Å²) in [5.74, 6) is -0.0438. The molecule has 1 aromatic rings. The van der Waals surface area contributed by atoms with Crippen LogP contribution < -0.4 is 11.1 Å². The van der Waals surface area contributed by atoms with Crippen molar-refractivity contribution in [2.75, 3.05) is 0 Å². The van der Waals surface area contributed by atoms with Crippen molar-refractivity contribution in [3.63, 3.8) is 0 Å². The highest BCUT2D eigenvalue weighted by Crippen LogP contribution is 2.20. The molecule has 4 nitrogen and oxygen atoms in total. The minimum atomic E-state index is -0.108. The van der Waals surface area contributed by atoms with Crippen LogP contribution in [0.3, 0.4) is 0 Å². The van der Waals surface area contributed by atoms with Crippen LogP contribution in [0.4, 0.5) is 0 Å². The number of halogens is 1. The van der Waals surface area contributed by atoms with Crippen LogP contribution >= 0.6 is 12.4 Å². The van der Waals surface area contributed by atoms with Crippen LogP contribution in [0.2, 0.25) is 0 Å². The van der Waals surface area contributed by atoms with E-state index in [1.165, 1.54) is 0 Å². The summed E-state index contributed by atoms with van der Waals surface area (Å²) in [7, 11) is 0. The van der Waals surface area contributed by atoms with Crippen molar-refractivity contribution in [1.29, 1.82) is 0 Å². The van der Waals surface area contributed by atoms with E-state index in [9.17, 15) is 4.79 Å². The van der Waals surface area contributed by atoms with Gasteiger partial charge in [-0.05, 0) is 31.4 Å². The molecule has 0 spiro atoms. The first-order valence-electron chi connectivity index (χ1n) is 6.58. The van der Waals surface area contributed by atoms with E-state index >= 15 is 0 Å². The van der Waals surface area contributed by atoms with Crippen molar-refractivity contribution in [1.82, 2.24) is 10.3 Å². The molecule has 1 rings (SSSR count). The van der Waals surface area contributed by atoms with Gasteiger partial charge in [0.2, 0.25) is 0 Å². The van der Waals surface area contributed by atoms with E-state index in [1.54, 1.807) is 18.3 Å². The lowest BCUT2D eigenvalue weighted by Crippen LogP contribution is -2.47. The van der Waals surface area contributed by atoms with E-state index in [0.29, 0.717) is 12.1 Å². The Morgan fingerprint density at radius 1 is 1.32 bits per heavy atom. The molecule has 108 valence electrons. The fourth-order valence-electron chi connectivity index (χ4n) is 2.06. The fraction of sp³-hybridized carbons (Fsp3) is 0.571. The zero-order valence-corrected chi connectivity index (χ0v) is 12.7. The molecule has 0 aliphatic carbocycles. The maximum atomic E-state index is 12.2. The fourth-order valence-corrected chi connectivity index (χ4v) is 2.06. The van der Waals surface area contributed by atoms with E-state index < -0.39 is 0 Å². The van der Waals surface area contributed by atoms with Crippen LogP contribution in [0.1, 0.15) is 56.1 Å². The van der Waals surface area contributed by atoms with E-state index in [4.69, 9.17) is 5.73 Å². The molecule has 3 N–H and O–H groups in total. The quantitative estimate of drug-likeness (QED) is 0.844. The van der Waals surface area contributed by atoms with Crippen molar-refractivity contribution in [2.45, 2.75) is 52.1 Å². The summed E-state index contributed by atoms with van der Waals surface area (Å²) < 4.78 is 0. The number of amides is 1. The van der Waals surface area contributed by atoms with E-state index in [-0.39, 0.29) is 23.9 Å². The second-order valence-electron chi connectivity index (χ2n) is 4.54. The topological polar surface area (TPSA) is 68.0 Å².